The molecule has 0 amide bonds. The zero-order chi connectivity index (χ0) is 77.8. The zero-order valence-corrected chi connectivity index (χ0v) is 71.0. The van der Waals surface area contributed by atoms with E-state index in [4.69, 9.17) is 37.0 Å². The number of hydrogen-bond acceptors (Lipinski definition) is 15. The highest BCUT2D eigenvalue weighted by Crippen LogP contribution is 2.45. The summed E-state index contributed by atoms with van der Waals surface area (Å²) < 4.78 is 68.9. The first-order valence-corrected chi connectivity index (χ1v) is 47.4. The maximum Gasteiger partial charge on any atom is 0.472 e. The summed E-state index contributed by atoms with van der Waals surface area (Å²) in [6.45, 7) is 9.73. The van der Waals surface area contributed by atoms with Crippen molar-refractivity contribution in [3.05, 3.63) is 24.3 Å². The van der Waals surface area contributed by atoms with Crippen molar-refractivity contribution >= 4 is 39.5 Å². The first-order chi connectivity index (χ1) is 51.4. The molecule has 106 heavy (non-hydrogen) atoms. The van der Waals surface area contributed by atoms with Crippen LogP contribution in [-0.4, -0.2) is 96.7 Å². The second kappa shape index (κ2) is 77.8. The molecule has 0 aliphatic rings. The second-order valence-electron chi connectivity index (χ2n) is 31.1. The van der Waals surface area contributed by atoms with Gasteiger partial charge in [0.2, 0.25) is 0 Å². The van der Waals surface area contributed by atoms with Crippen molar-refractivity contribution in [2.45, 2.75) is 458 Å². The van der Waals surface area contributed by atoms with Crippen LogP contribution in [0.5, 0.6) is 0 Å². The van der Waals surface area contributed by atoms with Crippen molar-refractivity contribution in [1.29, 1.82) is 0 Å². The van der Waals surface area contributed by atoms with E-state index < -0.39 is 97.5 Å². The van der Waals surface area contributed by atoms with Gasteiger partial charge >= 0.3 is 39.5 Å². The van der Waals surface area contributed by atoms with Gasteiger partial charge in [-0.05, 0) is 63.2 Å². The highest BCUT2D eigenvalue weighted by molar-refractivity contribution is 7.47. The lowest BCUT2D eigenvalue weighted by Crippen LogP contribution is -2.30. The van der Waals surface area contributed by atoms with E-state index >= 15 is 0 Å². The van der Waals surface area contributed by atoms with Crippen LogP contribution in [0, 0.1) is 11.8 Å². The van der Waals surface area contributed by atoms with Crippen molar-refractivity contribution in [2.75, 3.05) is 39.6 Å². The summed E-state index contributed by atoms with van der Waals surface area (Å²) in [6.07, 6.45) is 72.8. The number of carbonyl (C=O) groups is 4. The van der Waals surface area contributed by atoms with Gasteiger partial charge in [0, 0.05) is 25.7 Å². The number of phosphoric ester groups is 2. The third kappa shape index (κ3) is 76.9. The Balaban J connectivity index is 5.27. The standard InChI is InChI=1S/C87H166O17P2/c1-7-11-13-15-17-19-21-22-27-35-41-47-53-59-65-71-86(91)103-82(75-97-84(89)69-63-57-51-45-37-20-18-16-14-12-8-2)77-101-105(93,94)99-73-81(88)74-100-106(95,96)102-78-83(76-98-85(90)70-64-58-52-46-40-34-31-30-33-39-44-50-56-62-68-80(6)10-4)104-87(92)72-66-60-54-48-42-36-29-26-24-23-25-28-32-38-43-49-55-61-67-79(5)9-3/h19,21-22,27,79-83,88H,7-18,20,23-26,28-78H2,1-6H3,(H,93,94)(H,95,96)/b21-19-,27-22-/t79?,80?,81-,82+,83+/m0/s1. The average Bonchev–Trinajstić information content (AvgIpc) is 1.03. The minimum absolute atomic E-state index is 0.0855. The van der Waals surface area contributed by atoms with Crippen molar-refractivity contribution in [1.82, 2.24) is 0 Å². The van der Waals surface area contributed by atoms with Gasteiger partial charge in [0.05, 0.1) is 26.4 Å². The van der Waals surface area contributed by atoms with E-state index in [9.17, 15) is 43.2 Å². The van der Waals surface area contributed by atoms with Crippen LogP contribution < -0.4 is 0 Å². The van der Waals surface area contributed by atoms with Crippen LogP contribution in [0.25, 0.3) is 0 Å². The molecule has 0 rings (SSSR count). The summed E-state index contributed by atoms with van der Waals surface area (Å²) in [5, 5.41) is 10.7. The topological polar surface area (TPSA) is 237 Å². The van der Waals surface area contributed by atoms with Crippen molar-refractivity contribution in [3.8, 4) is 0 Å². The van der Waals surface area contributed by atoms with E-state index in [2.05, 4.69) is 65.8 Å². The Morgan fingerprint density at radius 1 is 0.302 bits per heavy atom. The zero-order valence-electron chi connectivity index (χ0n) is 69.2. The molecule has 0 saturated heterocycles. The summed E-state index contributed by atoms with van der Waals surface area (Å²) in [5.41, 5.74) is 0. The van der Waals surface area contributed by atoms with Crippen LogP contribution in [0.4, 0.5) is 0 Å². The number of aliphatic hydroxyl groups excluding tert-OH is 1. The van der Waals surface area contributed by atoms with E-state index in [1.807, 2.05) is 0 Å². The van der Waals surface area contributed by atoms with Gasteiger partial charge < -0.3 is 33.8 Å². The minimum atomic E-state index is -4.97. The molecule has 4 unspecified atom stereocenters. The maximum absolute atomic E-state index is 13.2. The fraction of sp³-hybridized carbons (Fsp3) is 0.908. The van der Waals surface area contributed by atoms with E-state index in [0.717, 1.165) is 115 Å². The summed E-state index contributed by atoms with van der Waals surface area (Å²) in [7, 11) is -9.94. The third-order valence-corrected chi connectivity index (χ3v) is 22.5. The molecule has 626 valence electrons. The monoisotopic (exact) mass is 1550 g/mol. The summed E-state index contributed by atoms with van der Waals surface area (Å²) >= 11 is 0. The Kier molecular flexibility index (Phi) is 76.0. The highest BCUT2D eigenvalue weighted by atomic mass is 31.2. The van der Waals surface area contributed by atoms with Crippen LogP contribution in [0.15, 0.2) is 24.3 Å². The Labute approximate surface area is 650 Å². The van der Waals surface area contributed by atoms with Crippen LogP contribution in [-0.2, 0) is 65.4 Å². The lowest BCUT2D eigenvalue weighted by molar-refractivity contribution is -0.161. The number of rotatable bonds is 84. The van der Waals surface area contributed by atoms with E-state index in [0.29, 0.717) is 25.7 Å². The van der Waals surface area contributed by atoms with Crippen molar-refractivity contribution < 1.29 is 80.2 Å². The van der Waals surface area contributed by atoms with Gasteiger partial charge in [-0.1, -0.05) is 387 Å². The lowest BCUT2D eigenvalue weighted by Gasteiger charge is -2.21. The van der Waals surface area contributed by atoms with Gasteiger partial charge in [-0.25, -0.2) is 9.13 Å². The van der Waals surface area contributed by atoms with Gasteiger partial charge in [0.15, 0.2) is 12.2 Å². The Morgan fingerprint density at radius 2 is 0.528 bits per heavy atom. The SMILES string of the molecule is CCCCCC/C=C\C=C/CCCCCCCC(=O)O[C@H](COC(=O)CCCCCCCCCCCCC)COP(=O)(O)OC[C@H](O)COP(=O)(O)OC[C@@H](COC(=O)CCCCCCCCCCCCCCCCC(C)CC)OC(=O)CCCCCCCCCCCCCCCCCCCCC(C)CC. The molecule has 0 saturated carbocycles. The molecule has 0 aromatic heterocycles. The number of carbonyl (C=O) groups excluding carboxylic acids is 4. The molecule has 0 heterocycles. The summed E-state index contributed by atoms with van der Waals surface area (Å²) in [4.78, 5) is 73.2. The number of ether oxygens (including phenoxy) is 4. The van der Waals surface area contributed by atoms with Crippen molar-refractivity contribution in [2.24, 2.45) is 11.8 Å². The van der Waals surface area contributed by atoms with Crippen LogP contribution in [0.3, 0.4) is 0 Å². The molecular formula is C87H166O17P2. The molecule has 0 radical (unpaired) electrons. The fourth-order valence-electron chi connectivity index (χ4n) is 13.0. The van der Waals surface area contributed by atoms with Gasteiger partial charge in [0.1, 0.15) is 19.3 Å². The molecule has 3 N–H and O–H groups in total. The van der Waals surface area contributed by atoms with Gasteiger partial charge in [-0.3, -0.25) is 37.3 Å². The molecule has 0 aromatic carbocycles. The highest BCUT2D eigenvalue weighted by Gasteiger charge is 2.30. The summed E-state index contributed by atoms with van der Waals surface area (Å²) in [5.74, 6) is -0.412. The molecule has 0 aliphatic carbocycles. The number of phosphoric acid groups is 2. The first-order valence-electron chi connectivity index (χ1n) is 44.4. The predicted octanol–water partition coefficient (Wildman–Crippen LogP) is 26.2. The smallest absolute Gasteiger partial charge is 0.462 e. The van der Waals surface area contributed by atoms with Crippen LogP contribution in [0.1, 0.15) is 440 Å². The molecule has 19 heteroatoms. The van der Waals surface area contributed by atoms with Crippen LogP contribution >= 0.6 is 15.6 Å². The Morgan fingerprint density at radius 3 is 0.802 bits per heavy atom. The number of allylic oxidation sites excluding steroid dienone is 4. The lowest BCUT2D eigenvalue weighted by atomic mass is 9.99. The predicted molar refractivity (Wildman–Crippen MR) is 437 cm³/mol. The minimum Gasteiger partial charge on any atom is -0.462 e. The molecule has 0 fully saturated rings. The Hall–Kier alpha value is -2.46. The molecule has 0 bridgehead atoms. The second-order valence-corrected chi connectivity index (χ2v) is 34.0. The number of esters is 4. The van der Waals surface area contributed by atoms with Gasteiger partial charge in [0.25, 0.3) is 0 Å². The van der Waals surface area contributed by atoms with E-state index in [-0.39, 0.29) is 25.7 Å². The largest absolute Gasteiger partial charge is 0.472 e. The Bertz CT molecular complexity index is 2130. The molecule has 7 atom stereocenters. The maximum atomic E-state index is 13.2. The van der Waals surface area contributed by atoms with Gasteiger partial charge in [-0.2, -0.15) is 0 Å². The molecule has 0 spiro atoms. The quantitative estimate of drug-likeness (QED) is 0.0169. The van der Waals surface area contributed by atoms with E-state index in [1.54, 1.807) is 0 Å². The molecular weight excluding hydrogens is 1380 g/mol. The fourth-order valence-corrected chi connectivity index (χ4v) is 14.6. The first kappa shape index (κ1) is 104. The molecule has 0 aliphatic heterocycles. The normalized spacial score (nSPS) is 14.5. The number of hydrogen-bond donors (Lipinski definition) is 3. The molecule has 17 nitrogen and oxygen atoms in total. The van der Waals surface area contributed by atoms with Gasteiger partial charge in [-0.15, -0.1) is 0 Å². The van der Waals surface area contributed by atoms with Crippen molar-refractivity contribution in [3.63, 3.8) is 0 Å². The molecule has 0 aromatic rings. The third-order valence-electron chi connectivity index (χ3n) is 20.6. The average molecular weight is 1550 g/mol. The summed E-state index contributed by atoms with van der Waals surface area (Å²) in [6, 6.07) is 0. The number of aliphatic hydroxyl groups is 1. The van der Waals surface area contributed by atoms with E-state index in [1.165, 1.54) is 244 Å². The number of unbranched alkanes of at least 4 members (excludes halogenated alkanes) is 49. The van der Waals surface area contributed by atoms with Crippen LogP contribution in [0.2, 0.25) is 0 Å².